The lowest BCUT2D eigenvalue weighted by molar-refractivity contribution is -0.136. The number of alkyl halides is 3. The third-order valence-corrected chi connectivity index (χ3v) is 2.78. The lowest BCUT2D eigenvalue weighted by Gasteiger charge is -2.15. The molecule has 3 nitrogen and oxygen atoms in total. The van der Waals surface area contributed by atoms with Crippen molar-refractivity contribution in [1.82, 2.24) is 4.98 Å². The normalized spacial score (nSPS) is 11.2. The first-order chi connectivity index (χ1) is 9.39. The molecular formula is C13H10F3N3S. The van der Waals surface area contributed by atoms with E-state index in [1.165, 1.54) is 24.4 Å². The van der Waals surface area contributed by atoms with Gasteiger partial charge in [0.1, 0.15) is 10.8 Å². The highest BCUT2D eigenvalue weighted by molar-refractivity contribution is 7.80. The molecule has 0 unspecified atom stereocenters. The number of nitrogens with one attached hydrogen (secondary N) is 1. The number of anilines is 2. The van der Waals surface area contributed by atoms with E-state index >= 15 is 0 Å². The number of pyridine rings is 1. The summed E-state index contributed by atoms with van der Waals surface area (Å²) in [5, 5.41) is 2.63. The second kappa shape index (κ2) is 5.46. The predicted molar refractivity (Wildman–Crippen MR) is 74.9 cm³/mol. The second-order valence-electron chi connectivity index (χ2n) is 3.93. The summed E-state index contributed by atoms with van der Waals surface area (Å²) in [6.07, 6.45) is -3.01. The van der Waals surface area contributed by atoms with Crippen LogP contribution < -0.4 is 11.1 Å². The first-order valence-electron chi connectivity index (χ1n) is 5.57. The summed E-state index contributed by atoms with van der Waals surface area (Å²) in [7, 11) is 0. The van der Waals surface area contributed by atoms with E-state index in [0.717, 1.165) is 6.07 Å². The van der Waals surface area contributed by atoms with Crippen LogP contribution in [0.2, 0.25) is 0 Å². The van der Waals surface area contributed by atoms with Crippen molar-refractivity contribution < 1.29 is 13.2 Å². The van der Waals surface area contributed by atoms with Gasteiger partial charge in [-0.2, -0.15) is 13.2 Å². The van der Waals surface area contributed by atoms with Crippen LogP contribution in [0.5, 0.6) is 0 Å². The molecule has 20 heavy (non-hydrogen) atoms. The molecular weight excluding hydrogens is 287 g/mol. The zero-order valence-corrected chi connectivity index (χ0v) is 10.9. The van der Waals surface area contributed by atoms with Crippen molar-refractivity contribution in [3.8, 4) is 0 Å². The van der Waals surface area contributed by atoms with Crippen molar-refractivity contribution in [3.05, 3.63) is 53.7 Å². The maximum absolute atomic E-state index is 12.9. The number of hydrogen-bond acceptors (Lipinski definition) is 3. The van der Waals surface area contributed by atoms with Crippen LogP contribution in [0.4, 0.5) is 24.7 Å². The van der Waals surface area contributed by atoms with Crippen LogP contribution in [0.15, 0.2) is 42.6 Å². The highest BCUT2D eigenvalue weighted by atomic mass is 32.1. The third-order valence-electron chi connectivity index (χ3n) is 2.56. The average molecular weight is 297 g/mol. The maximum Gasteiger partial charge on any atom is 0.418 e. The molecule has 2 aromatic rings. The smallest absolute Gasteiger partial charge is 0.389 e. The van der Waals surface area contributed by atoms with Crippen LogP contribution in [0.25, 0.3) is 0 Å². The third kappa shape index (κ3) is 3.05. The molecule has 0 radical (unpaired) electrons. The SMILES string of the molecule is NC(=S)c1cccnc1Nc1ccccc1C(F)(F)F. The quantitative estimate of drug-likeness (QED) is 0.852. The number of nitrogens with zero attached hydrogens (tertiary/aromatic N) is 1. The van der Waals surface area contributed by atoms with Crippen molar-refractivity contribution in [2.24, 2.45) is 5.73 Å². The van der Waals surface area contributed by atoms with Crippen molar-refractivity contribution in [2.75, 3.05) is 5.32 Å². The van der Waals surface area contributed by atoms with Crippen LogP contribution in [0.1, 0.15) is 11.1 Å². The highest BCUT2D eigenvalue weighted by Gasteiger charge is 2.33. The first-order valence-corrected chi connectivity index (χ1v) is 5.98. The Kier molecular flexibility index (Phi) is 3.89. The van der Waals surface area contributed by atoms with E-state index in [2.05, 4.69) is 10.3 Å². The summed E-state index contributed by atoms with van der Waals surface area (Å²) in [5.74, 6) is 0.191. The molecule has 1 heterocycles. The summed E-state index contributed by atoms with van der Waals surface area (Å²) in [4.78, 5) is 4.03. The molecule has 0 saturated carbocycles. The summed E-state index contributed by atoms with van der Waals surface area (Å²) in [6.45, 7) is 0. The van der Waals surface area contributed by atoms with Crippen molar-refractivity contribution in [3.63, 3.8) is 0 Å². The molecule has 1 aromatic carbocycles. The fourth-order valence-corrected chi connectivity index (χ4v) is 1.84. The van der Waals surface area contributed by atoms with Gasteiger partial charge in [-0.15, -0.1) is 0 Å². The van der Waals surface area contributed by atoms with Crippen LogP contribution in [0.3, 0.4) is 0 Å². The number of aromatic nitrogens is 1. The van der Waals surface area contributed by atoms with E-state index in [-0.39, 0.29) is 16.5 Å². The molecule has 3 N–H and O–H groups in total. The Morgan fingerprint density at radius 3 is 2.50 bits per heavy atom. The number of halogens is 3. The Morgan fingerprint density at radius 2 is 1.85 bits per heavy atom. The van der Waals surface area contributed by atoms with E-state index < -0.39 is 11.7 Å². The minimum atomic E-state index is -4.46. The fourth-order valence-electron chi connectivity index (χ4n) is 1.67. The molecule has 2 rings (SSSR count). The molecule has 104 valence electrons. The summed E-state index contributed by atoms with van der Waals surface area (Å²) in [6, 6.07) is 8.33. The van der Waals surface area contributed by atoms with Gasteiger partial charge >= 0.3 is 6.18 Å². The summed E-state index contributed by atoms with van der Waals surface area (Å²) in [5.41, 5.74) is 5.03. The van der Waals surface area contributed by atoms with E-state index in [9.17, 15) is 13.2 Å². The van der Waals surface area contributed by atoms with Gasteiger partial charge in [0.25, 0.3) is 0 Å². The molecule has 0 aliphatic heterocycles. The molecule has 0 atom stereocenters. The van der Waals surface area contributed by atoms with Crippen molar-refractivity contribution in [1.29, 1.82) is 0 Å². The minimum Gasteiger partial charge on any atom is -0.389 e. The van der Waals surface area contributed by atoms with E-state index in [0.29, 0.717) is 5.56 Å². The van der Waals surface area contributed by atoms with Crippen LogP contribution in [-0.2, 0) is 6.18 Å². The van der Waals surface area contributed by atoms with Gasteiger partial charge < -0.3 is 11.1 Å². The Hall–Kier alpha value is -2.15. The minimum absolute atomic E-state index is 0.0603. The van der Waals surface area contributed by atoms with Gasteiger partial charge in [-0.05, 0) is 24.3 Å². The molecule has 0 saturated heterocycles. The number of nitrogens with two attached hydrogens (primary N) is 1. The largest absolute Gasteiger partial charge is 0.418 e. The number of thiocarbonyl (C=S) groups is 1. The summed E-state index contributed by atoms with van der Waals surface area (Å²) >= 11 is 4.85. The zero-order valence-electron chi connectivity index (χ0n) is 10.1. The van der Waals surface area contributed by atoms with E-state index in [4.69, 9.17) is 18.0 Å². The van der Waals surface area contributed by atoms with Crippen LogP contribution in [-0.4, -0.2) is 9.97 Å². The van der Waals surface area contributed by atoms with Gasteiger partial charge in [-0.1, -0.05) is 24.4 Å². The van der Waals surface area contributed by atoms with Gasteiger partial charge in [0.15, 0.2) is 0 Å². The van der Waals surface area contributed by atoms with Gasteiger partial charge in [0, 0.05) is 6.20 Å². The number of rotatable bonds is 3. The fraction of sp³-hybridized carbons (Fsp3) is 0.0769. The Labute approximate surface area is 118 Å². The maximum atomic E-state index is 12.9. The van der Waals surface area contributed by atoms with Gasteiger partial charge in [-0.25, -0.2) is 4.98 Å². The van der Waals surface area contributed by atoms with Crippen molar-refractivity contribution in [2.45, 2.75) is 6.18 Å². The molecule has 0 fully saturated rings. The van der Waals surface area contributed by atoms with Crippen molar-refractivity contribution >= 4 is 28.7 Å². The Balaban J connectivity index is 2.44. The predicted octanol–water partition coefficient (Wildman–Crippen LogP) is 3.48. The highest BCUT2D eigenvalue weighted by Crippen LogP contribution is 2.35. The molecule has 1 aromatic heterocycles. The summed E-state index contributed by atoms with van der Waals surface area (Å²) < 4.78 is 38.7. The lowest BCUT2D eigenvalue weighted by Crippen LogP contribution is -2.14. The zero-order chi connectivity index (χ0) is 14.8. The van der Waals surface area contributed by atoms with Gasteiger partial charge in [0.05, 0.1) is 16.8 Å². The van der Waals surface area contributed by atoms with Gasteiger partial charge in [0.2, 0.25) is 0 Å². The monoisotopic (exact) mass is 297 g/mol. The number of para-hydroxylation sites is 1. The lowest BCUT2D eigenvalue weighted by atomic mass is 10.1. The second-order valence-corrected chi connectivity index (χ2v) is 4.37. The van der Waals surface area contributed by atoms with Crippen LogP contribution in [0, 0.1) is 0 Å². The standard InChI is InChI=1S/C13H10F3N3S/c14-13(15,16)9-5-1-2-6-10(9)19-12-8(11(17)20)4-3-7-18-12/h1-7H,(H2,17,20)(H,18,19). The number of hydrogen-bond donors (Lipinski definition) is 2. The average Bonchev–Trinajstić information content (AvgIpc) is 2.38. The molecule has 0 amide bonds. The number of benzene rings is 1. The topological polar surface area (TPSA) is 50.9 Å². The Morgan fingerprint density at radius 1 is 1.15 bits per heavy atom. The van der Waals surface area contributed by atoms with E-state index in [1.54, 1.807) is 12.1 Å². The molecule has 7 heteroatoms. The van der Waals surface area contributed by atoms with Gasteiger partial charge in [-0.3, -0.25) is 0 Å². The van der Waals surface area contributed by atoms with Crippen LogP contribution >= 0.6 is 12.2 Å². The molecule has 0 aliphatic carbocycles. The molecule has 0 bridgehead atoms. The molecule has 0 aliphatic rings. The first kappa shape index (κ1) is 14.3. The Bertz CT molecular complexity index is 641. The van der Waals surface area contributed by atoms with E-state index in [1.807, 2.05) is 0 Å². The molecule has 0 spiro atoms.